The van der Waals surface area contributed by atoms with Gasteiger partial charge in [-0.3, -0.25) is 14.4 Å². The number of amides is 4. The van der Waals surface area contributed by atoms with Crippen molar-refractivity contribution in [3.05, 3.63) is 95.6 Å². The van der Waals surface area contributed by atoms with Gasteiger partial charge in [0, 0.05) is 40.2 Å². The number of likely N-dealkylation sites (N-methyl/N-ethyl adjacent to an activating group) is 1. The van der Waals surface area contributed by atoms with Crippen LogP contribution in [0, 0.1) is 11.8 Å². The van der Waals surface area contributed by atoms with E-state index in [4.69, 9.17) is 18.9 Å². The van der Waals surface area contributed by atoms with Crippen LogP contribution >= 0.6 is 0 Å². The second kappa shape index (κ2) is 21.1. The maximum atomic E-state index is 14.2. The minimum absolute atomic E-state index is 0.0159. The molecular weight excluding hydrogens is 753 g/mol. The first-order valence-corrected chi connectivity index (χ1v) is 20.6. The molecule has 5 unspecified atom stereocenters. The topological polar surface area (TPSA) is 153 Å². The molecule has 13 heteroatoms. The van der Waals surface area contributed by atoms with Gasteiger partial charge in [-0.05, 0) is 46.6 Å². The van der Waals surface area contributed by atoms with Gasteiger partial charge >= 0.3 is 12.1 Å². The first-order valence-electron chi connectivity index (χ1n) is 20.6. The highest BCUT2D eigenvalue weighted by Gasteiger charge is 2.42. The summed E-state index contributed by atoms with van der Waals surface area (Å²) in [6.07, 6.45) is 0.276. The summed E-state index contributed by atoms with van der Waals surface area (Å²) >= 11 is 0. The molecule has 2 N–H and O–H groups in total. The lowest BCUT2D eigenvalue weighted by Gasteiger charge is -2.39. The van der Waals surface area contributed by atoms with Crippen LogP contribution in [0.5, 0.6) is 0 Å². The number of hydrogen-bond donors (Lipinski definition) is 2. The maximum absolute atomic E-state index is 14.2. The number of rotatable bonds is 19. The van der Waals surface area contributed by atoms with E-state index in [1.54, 1.807) is 23.8 Å². The lowest BCUT2D eigenvalue weighted by atomic mass is 9.90. The minimum Gasteiger partial charge on any atom is -0.467 e. The summed E-state index contributed by atoms with van der Waals surface area (Å²) in [5, 5.41) is 5.48. The minimum atomic E-state index is -0.898. The second-order valence-electron chi connectivity index (χ2n) is 15.6. The Morgan fingerprint density at radius 2 is 1.49 bits per heavy atom. The summed E-state index contributed by atoms with van der Waals surface area (Å²) in [7, 11) is 5.99. The molecule has 1 aliphatic carbocycles. The van der Waals surface area contributed by atoms with Crippen LogP contribution in [0.15, 0.2) is 78.9 Å². The normalized spacial score (nSPS) is 17.7. The molecule has 1 aliphatic heterocycles. The largest absolute Gasteiger partial charge is 0.467 e. The van der Waals surface area contributed by atoms with Crippen molar-refractivity contribution in [1.29, 1.82) is 0 Å². The lowest BCUT2D eigenvalue weighted by Crippen LogP contribution is -2.55. The third-order valence-electron chi connectivity index (χ3n) is 12.1. The SMILES string of the molecule is CCC(C)C(C(CC(=O)N1CCC[C@H]1[C@H](OC)C(C)C(=O)NC(Cc1ccccc1)C(=O)OC)OC)N(C)C(=O)CNC(=O)OCC1c2ccccc2-c2ccccc21. The van der Waals surface area contributed by atoms with Crippen LogP contribution in [0.4, 0.5) is 4.79 Å². The number of alkyl carbamates (subject to hydrolysis) is 1. The third kappa shape index (κ3) is 10.7. The molecule has 318 valence electrons. The molecule has 1 saturated heterocycles. The fourth-order valence-electron chi connectivity index (χ4n) is 8.74. The van der Waals surface area contributed by atoms with E-state index in [9.17, 15) is 24.0 Å². The van der Waals surface area contributed by atoms with Crippen molar-refractivity contribution in [2.45, 2.75) is 89.1 Å². The molecule has 4 amide bonds. The Kier molecular flexibility index (Phi) is 16.0. The molecular formula is C46H60N4O9. The van der Waals surface area contributed by atoms with Gasteiger partial charge in [-0.2, -0.15) is 0 Å². The van der Waals surface area contributed by atoms with Gasteiger partial charge in [-0.15, -0.1) is 0 Å². The van der Waals surface area contributed by atoms with Crippen molar-refractivity contribution in [2.75, 3.05) is 48.1 Å². The summed E-state index contributed by atoms with van der Waals surface area (Å²) in [5.41, 5.74) is 5.30. The van der Waals surface area contributed by atoms with Gasteiger partial charge in [0.25, 0.3) is 0 Å². The number of methoxy groups -OCH3 is 3. The fourth-order valence-corrected chi connectivity index (χ4v) is 8.74. The van der Waals surface area contributed by atoms with E-state index in [0.717, 1.165) is 34.2 Å². The number of fused-ring (bicyclic) bond motifs is 3. The van der Waals surface area contributed by atoms with E-state index < -0.39 is 48.3 Å². The van der Waals surface area contributed by atoms with Crippen LogP contribution < -0.4 is 10.6 Å². The Balaban J connectivity index is 1.19. The molecule has 0 radical (unpaired) electrons. The number of carbonyl (C=O) groups excluding carboxylic acids is 5. The van der Waals surface area contributed by atoms with Crippen LogP contribution in [-0.2, 0) is 44.5 Å². The molecule has 1 heterocycles. The van der Waals surface area contributed by atoms with Crippen LogP contribution in [0.25, 0.3) is 11.1 Å². The Morgan fingerprint density at radius 1 is 0.864 bits per heavy atom. The first kappa shape index (κ1) is 44.8. The van der Waals surface area contributed by atoms with Gasteiger partial charge in [-0.25, -0.2) is 9.59 Å². The molecule has 0 spiro atoms. The molecule has 13 nitrogen and oxygen atoms in total. The Labute approximate surface area is 348 Å². The van der Waals surface area contributed by atoms with Crippen molar-refractivity contribution < 1.29 is 42.9 Å². The van der Waals surface area contributed by atoms with Gasteiger partial charge < -0.3 is 39.4 Å². The number of ether oxygens (including phenoxy) is 4. The average Bonchev–Trinajstić information content (AvgIpc) is 3.87. The Bertz CT molecular complexity index is 1860. The van der Waals surface area contributed by atoms with E-state index in [0.29, 0.717) is 19.4 Å². The Morgan fingerprint density at radius 3 is 2.08 bits per heavy atom. The standard InChI is InChI=1S/C46H60N4O9/c1-8-29(2)42(49(4)41(52)27-47-46(55)59-28-36-34-21-14-12-19-32(34)33-20-13-15-22-35(33)36)39(56-5)26-40(51)50-24-16-23-38(50)43(57-6)30(3)44(53)48-37(45(54)58-7)25-31-17-10-9-11-18-31/h9-15,17-22,29-30,36-39,42-43H,8,16,23-28H2,1-7H3,(H,47,55)(H,48,53)/t29?,30?,37?,38-,39?,42?,43+/m0/s1. The second-order valence-corrected chi connectivity index (χ2v) is 15.6. The van der Waals surface area contributed by atoms with Crippen molar-refractivity contribution in [1.82, 2.24) is 20.4 Å². The molecule has 3 aromatic rings. The fraction of sp³-hybridized carbons (Fsp3) is 0.500. The van der Waals surface area contributed by atoms with Crippen molar-refractivity contribution in [3.8, 4) is 11.1 Å². The van der Waals surface area contributed by atoms with Gasteiger partial charge in [0.05, 0.1) is 43.7 Å². The average molecular weight is 813 g/mol. The molecule has 1 fully saturated rings. The lowest BCUT2D eigenvalue weighted by molar-refractivity contribution is -0.148. The summed E-state index contributed by atoms with van der Waals surface area (Å²) in [5.74, 6) is -2.36. The maximum Gasteiger partial charge on any atom is 0.407 e. The summed E-state index contributed by atoms with van der Waals surface area (Å²) in [6.45, 7) is 6.05. The molecule has 3 aromatic carbocycles. The number of esters is 1. The van der Waals surface area contributed by atoms with Crippen molar-refractivity contribution >= 4 is 29.8 Å². The van der Waals surface area contributed by atoms with Gasteiger partial charge in [0.2, 0.25) is 17.7 Å². The predicted octanol–water partition coefficient (Wildman–Crippen LogP) is 5.35. The van der Waals surface area contributed by atoms with E-state index in [2.05, 4.69) is 22.8 Å². The summed E-state index contributed by atoms with van der Waals surface area (Å²) in [6, 6.07) is 23.7. The highest BCUT2D eigenvalue weighted by atomic mass is 16.5. The van der Waals surface area contributed by atoms with Crippen molar-refractivity contribution in [3.63, 3.8) is 0 Å². The summed E-state index contributed by atoms with van der Waals surface area (Å²) < 4.78 is 22.5. The highest BCUT2D eigenvalue weighted by Crippen LogP contribution is 2.44. The monoisotopic (exact) mass is 812 g/mol. The smallest absolute Gasteiger partial charge is 0.407 e. The predicted molar refractivity (Wildman–Crippen MR) is 223 cm³/mol. The number of hydrogen-bond acceptors (Lipinski definition) is 9. The molecule has 0 bridgehead atoms. The first-order chi connectivity index (χ1) is 28.4. The zero-order valence-corrected chi connectivity index (χ0v) is 35.3. The van der Waals surface area contributed by atoms with Gasteiger partial charge in [0.1, 0.15) is 19.2 Å². The van der Waals surface area contributed by atoms with E-state index >= 15 is 0 Å². The van der Waals surface area contributed by atoms with E-state index in [-0.39, 0.29) is 55.6 Å². The molecule has 59 heavy (non-hydrogen) atoms. The molecule has 7 atom stereocenters. The number of benzene rings is 3. The van der Waals surface area contributed by atoms with E-state index in [1.165, 1.54) is 21.3 Å². The van der Waals surface area contributed by atoms with Crippen LogP contribution in [0.3, 0.4) is 0 Å². The summed E-state index contributed by atoms with van der Waals surface area (Å²) in [4.78, 5) is 70.4. The highest BCUT2D eigenvalue weighted by molar-refractivity contribution is 5.86. The molecule has 0 aromatic heterocycles. The van der Waals surface area contributed by atoms with Crippen LogP contribution in [-0.4, -0.2) is 118 Å². The third-order valence-corrected chi connectivity index (χ3v) is 12.1. The van der Waals surface area contributed by atoms with E-state index in [1.807, 2.05) is 80.6 Å². The zero-order chi connectivity index (χ0) is 42.6. The van der Waals surface area contributed by atoms with Gasteiger partial charge in [-0.1, -0.05) is 106 Å². The number of nitrogens with zero attached hydrogens (tertiary/aromatic N) is 2. The quantitative estimate of drug-likeness (QED) is 0.153. The number of likely N-dealkylation sites (tertiary alicyclic amines) is 1. The number of nitrogens with one attached hydrogen (secondary N) is 2. The number of carbonyl (C=O) groups is 5. The molecule has 2 aliphatic rings. The zero-order valence-electron chi connectivity index (χ0n) is 35.3. The van der Waals surface area contributed by atoms with Gasteiger partial charge in [0.15, 0.2) is 0 Å². The van der Waals surface area contributed by atoms with Crippen LogP contribution in [0.1, 0.15) is 69.1 Å². The molecule has 5 rings (SSSR count). The van der Waals surface area contributed by atoms with Crippen LogP contribution in [0.2, 0.25) is 0 Å². The molecule has 0 saturated carbocycles. The van der Waals surface area contributed by atoms with Crippen molar-refractivity contribution in [2.24, 2.45) is 11.8 Å². The Hall–Kier alpha value is -5.27.